The SMILES string of the molecule is C[C@@H](OCC1CCCCC1)[C@H](NC(=O)OC(C)(C)C)C(=O)O. The van der Waals surface area contributed by atoms with Gasteiger partial charge in [-0.3, -0.25) is 0 Å². The second-order valence-corrected chi connectivity index (χ2v) is 7.00. The molecule has 2 N–H and O–H groups in total. The van der Waals surface area contributed by atoms with Crippen molar-refractivity contribution in [3.63, 3.8) is 0 Å². The zero-order valence-electron chi connectivity index (χ0n) is 14.1. The second kappa shape index (κ2) is 8.36. The van der Waals surface area contributed by atoms with Crippen LogP contribution in [0.1, 0.15) is 59.8 Å². The van der Waals surface area contributed by atoms with Gasteiger partial charge in [-0.25, -0.2) is 9.59 Å². The van der Waals surface area contributed by atoms with Gasteiger partial charge in [-0.2, -0.15) is 0 Å². The number of ether oxygens (including phenoxy) is 2. The van der Waals surface area contributed by atoms with Crippen LogP contribution in [-0.2, 0) is 14.3 Å². The molecule has 0 heterocycles. The number of hydrogen-bond acceptors (Lipinski definition) is 4. The molecular weight excluding hydrogens is 286 g/mol. The average Bonchev–Trinajstić information content (AvgIpc) is 2.41. The van der Waals surface area contributed by atoms with Crippen LogP contribution in [0.25, 0.3) is 0 Å². The quantitative estimate of drug-likeness (QED) is 0.787. The average molecular weight is 315 g/mol. The molecule has 0 aromatic carbocycles. The summed E-state index contributed by atoms with van der Waals surface area (Å²) in [7, 11) is 0. The molecule has 0 radical (unpaired) electrons. The molecule has 1 saturated carbocycles. The molecule has 1 fully saturated rings. The predicted octanol–water partition coefficient (Wildman–Crippen LogP) is 2.95. The number of carboxylic acids is 1. The largest absolute Gasteiger partial charge is 0.480 e. The summed E-state index contributed by atoms with van der Waals surface area (Å²) in [6.07, 6.45) is 4.60. The van der Waals surface area contributed by atoms with Crippen LogP contribution >= 0.6 is 0 Å². The van der Waals surface area contributed by atoms with Gasteiger partial charge in [-0.15, -0.1) is 0 Å². The van der Waals surface area contributed by atoms with Crippen LogP contribution in [-0.4, -0.2) is 41.5 Å². The van der Waals surface area contributed by atoms with Crippen LogP contribution in [0.5, 0.6) is 0 Å². The lowest BCUT2D eigenvalue weighted by molar-refractivity contribution is -0.143. The van der Waals surface area contributed by atoms with Crippen molar-refractivity contribution in [3.05, 3.63) is 0 Å². The highest BCUT2D eigenvalue weighted by Crippen LogP contribution is 2.24. The Balaban J connectivity index is 2.47. The summed E-state index contributed by atoms with van der Waals surface area (Å²) in [5, 5.41) is 11.7. The number of hydrogen-bond donors (Lipinski definition) is 2. The molecule has 0 aromatic rings. The number of alkyl carbamates (subject to hydrolysis) is 1. The highest BCUT2D eigenvalue weighted by molar-refractivity contribution is 5.80. The van der Waals surface area contributed by atoms with Gasteiger partial charge in [-0.05, 0) is 46.5 Å². The minimum absolute atomic E-state index is 0.493. The van der Waals surface area contributed by atoms with Crippen molar-refractivity contribution in [2.45, 2.75) is 77.5 Å². The monoisotopic (exact) mass is 315 g/mol. The van der Waals surface area contributed by atoms with E-state index in [9.17, 15) is 14.7 Å². The molecule has 1 amide bonds. The van der Waals surface area contributed by atoms with E-state index in [-0.39, 0.29) is 0 Å². The molecule has 128 valence electrons. The summed E-state index contributed by atoms with van der Waals surface area (Å²) < 4.78 is 10.8. The van der Waals surface area contributed by atoms with Crippen molar-refractivity contribution in [2.24, 2.45) is 5.92 Å². The number of rotatable bonds is 6. The van der Waals surface area contributed by atoms with E-state index >= 15 is 0 Å². The third-order valence-electron chi connectivity index (χ3n) is 3.73. The molecule has 0 bridgehead atoms. The van der Waals surface area contributed by atoms with E-state index in [1.807, 2.05) is 0 Å². The Morgan fingerprint density at radius 1 is 1.23 bits per heavy atom. The molecule has 22 heavy (non-hydrogen) atoms. The minimum atomic E-state index is -1.12. The van der Waals surface area contributed by atoms with E-state index in [1.165, 1.54) is 19.3 Å². The number of carboxylic acid groups (broad SMARTS) is 1. The van der Waals surface area contributed by atoms with E-state index in [1.54, 1.807) is 27.7 Å². The Bertz CT molecular complexity index is 371. The first kappa shape index (κ1) is 18.7. The third kappa shape index (κ3) is 7.11. The van der Waals surface area contributed by atoms with E-state index < -0.39 is 29.8 Å². The van der Waals surface area contributed by atoms with Crippen molar-refractivity contribution in [2.75, 3.05) is 6.61 Å². The maximum absolute atomic E-state index is 11.7. The van der Waals surface area contributed by atoms with Crippen molar-refractivity contribution in [1.29, 1.82) is 0 Å². The number of carbonyl (C=O) groups is 2. The van der Waals surface area contributed by atoms with Gasteiger partial charge < -0.3 is 19.9 Å². The van der Waals surface area contributed by atoms with Crippen LogP contribution < -0.4 is 5.32 Å². The molecule has 6 heteroatoms. The zero-order valence-corrected chi connectivity index (χ0v) is 14.1. The van der Waals surface area contributed by atoms with Gasteiger partial charge in [0.1, 0.15) is 5.60 Å². The summed E-state index contributed by atoms with van der Waals surface area (Å²) in [5.74, 6) is -0.630. The number of aliphatic carboxylic acids is 1. The molecular formula is C16H29NO5. The fraction of sp³-hybridized carbons (Fsp3) is 0.875. The van der Waals surface area contributed by atoms with Crippen LogP contribution in [0.15, 0.2) is 0 Å². The predicted molar refractivity (Wildman–Crippen MR) is 82.8 cm³/mol. The van der Waals surface area contributed by atoms with Gasteiger partial charge >= 0.3 is 12.1 Å². The van der Waals surface area contributed by atoms with Gasteiger partial charge in [0, 0.05) is 6.61 Å². The van der Waals surface area contributed by atoms with Gasteiger partial charge in [0.25, 0.3) is 0 Å². The Hall–Kier alpha value is -1.30. The Kier molecular flexibility index (Phi) is 7.13. The van der Waals surface area contributed by atoms with Gasteiger partial charge in [0.2, 0.25) is 0 Å². The standard InChI is InChI=1S/C16H29NO5/c1-11(21-10-12-8-6-5-7-9-12)13(14(18)19)17-15(20)22-16(2,3)4/h11-13H,5-10H2,1-4H3,(H,17,20)(H,18,19)/t11-,13+/m1/s1. The molecule has 1 rings (SSSR count). The number of amides is 1. The van der Waals surface area contributed by atoms with Gasteiger partial charge in [0.05, 0.1) is 6.10 Å². The van der Waals surface area contributed by atoms with Crippen molar-refractivity contribution in [3.8, 4) is 0 Å². The maximum atomic E-state index is 11.7. The summed E-state index contributed by atoms with van der Waals surface area (Å²) in [4.78, 5) is 23.1. The molecule has 1 aliphatic rings. The normalized spacial score (nSPS) is 19.3. The molecule has 0 spiro atoms. The Morgan fingerprint density at radius 3 is 2.32 bits per heavy atom. The van der Waals surface area contributed by atoms with Crippen molar-refractivity contribution in [1.82, 2.24) is 5.32 Å². The van der Waals surface area contributed by atoms with Gasteiger partial charge in [-0.1, -0.05) is 19.3 Å². The lowest BCUT2D eigenvalue weighted by Crippen LogP contribution is -2.50. The van der Waals surface area contributed by atoms with Crippen molar-refractivity contribution < 1.29 is 24.2 Å². The molecule has 0 saturated heterocycles. The first-order valence-corrected chi connectivity index (χ1v) is 8.03. The highest BCUT2D eigenvalue weighted by atomic mass is 16.6. The summed E-state index contributed by atoms with van der Waals surface area (Å²) >= 11 is 0. The molecule has 0 unspecified atom stereocenters. The lowest BCUT2D eigenvalue weighted by Gasteiger charge is -2.27. The zero-order chi connectivity index (χ0) is 16.8. The smallest absolute Gasteiger partial charge is 0.408 e. The minimum Gasteiger partial charge on any atom is -0.480 e. The van der Waals surface area contributed by atoms with E-state index in [0.29, 0.717) is 12.5 Å². The third-order valence-corrected chi connectivity index (χ3v) is 3.73. The summed E-state index contributed by atoms with van der Waals surface area (Å²) in [6, 6.07) is -1.11. The number of nitrogens with one attached hydrogen (secondary N) is 1. The van der Waals surface area contributed by atoms with Crippen LogP contribution in [0, 0.1) is 5.92 Å². The van der Waals surface area contributed by atoms with E-state index in [0.717, 1.165) is 12.8 Å². The number of carbonyl (C=O) groups excluding carboxylic acids is 1. The molecule has 1 aliphatic carbocycles. The molecule has 2 atom stereocenters. The first-order valence-electron chi connectivity index (χ1n) is 8.03. The topological polar surface area (TPSA) is 84.9 Å². The summed E-state index contributed by atoms with van der Waals surface area (Å²) in [6.45, 7) is 7.39. The fourth-order valence-electron chi connectivity index (χ4n) is 2.55. The van der Waals surface area contributed by atoms with Crippen LogP contribution in [0.2, 0.25) is 0 Å². The van der Waals surface area contributed by atoms with Crippen molar-refractivity contribution >= 4 is 12.1 Å². The lowest BCUT2D eigenvalue weighted by atomic mass is 9.90. The van der Waals surface area contributed by atoms with Crippen LogP contribution in [0.3, 0.4) is 0 Å². The molecule has 6 nitrogen and oxygen atoms in total. The molecule has 0 aromatic heterocycles. The van der Waals surface area contributed by atoms with E-state index in [4.69, 9.17) is 9.47 Å². The van der Waals surface area contributed by atoms with E-state index in [2.05, 4.69) is 5.32 Å². The first-order chi connectivity index (χ1) is 10.2. The second-order valence-electron chi connectivity index (χ2n) is 7.00. The fourth-order valence-corrected chi connectivity index (χ4v) is 2.55. The van der Waals surface area contributed by atoms with Gasteiger partial charge in [0.15, 0.2) is 6.04 Å². The molecule has 0 aliphatic heterocycles. The maximum Gasteiger partial charge on any atom is 0.408 e. The summed E-state index contributed by atoms with van der Waals surface area (Å²) in [5.41, 5.74) is -0.667. The Labute approximate surface area is 132 Å². The van der Waals surface area contributed by atoms with Crippen LogP contribution in [0.4, 0.5) is 4.79 Å². The highest BCUT2D eigenvalue weighted by Gasteiger charge is 2.30. The Morgan fingerprint density at radius 2 is 1.82 bits per heavy atom.